The van der Waals surface area contributed by atoms with Gasteiger partial charge in [0.1, 0.15) is 0 Å². The zero-order chi connectivity index (χ0) is 15.9. The van der Waals surface area contributed by atoms with Crippen molar-refractivity contribution in [2.45, 2.75) is 19.8 Å². The number of benzene rings is 1. The van der Waals surface area contributed by atoms with E-state index in [4.69, 9.17) is 0 Å². The van der Waals surface area contributed by atoms with Crippen LogP contribution in [0.3, 0.4) is 0 Å². The van der Waals surface area contributed by atoms with E-state index in [0.717, 1.165) is 12.8 Å². The minimum Gasteiger partial charge on any atom is -0.295 e. The third-order valence-corrected chi connectivity index (χ3v) is 6.36. The Morgan fingerprint density at radius 3 is 2.22 bits per heavy atom. The van der Waals surface area contributed by atoms with Crippen molar-refractivity contribution in [1.29, 1.82) is 0 Å². The summed E-state index contributed by atoms with van der Waals surface area (Å²) in [6, 6.07) is 6.84. The number of ketones is 1. The van der Waals surface area contributed by atoms with E-state index >= 15 is 0 Å². The van der Waals surface area contributed by atoms with Gasteiger partial charge in [-0.3, -0.25) is 14.4 Å². The van der Waals surface area contributed by atoms with Crippen LogP contribution in [0.15, 0.2) is 36.4 Å². The molecule has 4 atom stereocenters. The molecule has 4 nitrogen and oxygen atoms in total. The molecule has 4 aliphatic rings. The summed E-state index contributed by atoms with van der Waals surface area (Å²) in [5.41, 5.74) is 1.28. The maximum Gasteiger partial charge on any atom is 0.238 e. The molecule has 1 aromatic carbocycles. The maximum atomic E-state index is 13.0. The molecule has 0 unspecified atom stereocenters. The molecule has 2 amide bonds. The van der Waals surface area contributed by atoms with Gasteiger partial charge in [-0.25, -0.2) is 4.90 Å². The second kappa shape index (κ2) is 3.99. The Labute approximate surface area is 134 Å². The van der Waals surface area contributed by atoms with Crippen molar-refractivity contribution in [2.75, 3.05) is 4.90 Å². The lowest BCUT2D eigenvalue weighted by Crippen LogP contribution is -2.34. The quantitative estimate of drug-likeness (QED) is 0.479. The molecule has 0 aromatic heterocycles. The Hall–Kier alpha value is -2.23. The summed E-state index contributed by atoms with van der Waals surface area (Å²) in [5, 5.41) is 0. The summed E-state index contributed by atoms with van der Waals surface area (Å²) in [7, 11) is 0. The Morgan fingerprint density at radius 1 is 1.09 bits per heavy atom. The van der Waals surface area contributed by atoms with Crippen LogP contribution in [0.2, 0.25) is 0 Å². The van der Waals surface area contributed by atoms with Gasteiger partial charge in [-0.05, 0) is 49.1 Å². The number of hydrogen-bond acceptors (Lipinski definition) is 3. The van der Waals surface area contributed by atoms with Crippen LogP contribution in [-0.2, 0) is 9.59 Å². The van der Waals surface area contributed by atoms with Gasteiger partial charge in [0.05, 0.1) is 17.5 Å². The molecule has 5 rings (SSSR count). The predicted molar refractivity (Wildman–Crippen MR) is 83.7 cm³/mol. The van der Waals surface area contributed by atoms with E-state index in [9.17, 15) is 14.4 Å². The van der Waals surface area contributed by atoms with E-state index in [-0.39, 0.29) is 46.7 Å². The average molecular weight is 307 g/mol. The molecule has 3 aliphatic carbocycles. The number of hydrogen-bond donors (Lipinski definition) is 0. The number of fused-ring (bicyclic) bond motifs is 3. The van der Waals surface area contributed by atoms with E-state index in [0.29, 0.717) is 11.3 Å². The van der Waals surface area contributed by atoms with Gasteiger partial charge in [-0.1, -0.05) is 24.3 Å². The molecule has 1 saturated heterocycles. The van der Waals surface area contributed by atoms with Crippen molar-refractivity contribution in [3.05, 3.63) is 42.0 Å². The summed E-state index contributed by atoms with van der Waals surface area (Å²) >= 11 is 0. The fraction of sp³-hybridized carbons (Fsp3) is 0.421. The topological polar surface area (TPSA) is 54.5 Å². The highest BCUT2D eigenvalue weighted by atomic mass is 16.2. The van der Waals surface area contributed by atoms with Gasteiger partial charge in [0, 0.05) is 5.56 Å². The number of carbonyl (C=O) groups excluding carboxylic acids is 3. The molecular weight excluding hydrogens is 290 g/mol. The number of imide groups is 1. The van der Waals surface area contributed by atoms with E-state index in [1.807, 2.05) is 0 Å². The molecule has 2 bridgehead atoms. The predicted octanol–water partition coefficient (Wildman–Crippen LogP) is 2.59. The molecule has 1 aliphatic heterocycles. The number of carbonyl (C=O) groups is 3. The molecule has 1 heterocycles. The highest BCUT2D eigenvalue weighted by Crippen LogP contribution is 2.73. The summed E-state index contributed by atoms with van der Waals surface area (Å²) in [4.78, 5) is 38.8. The number of nitrogens with zero attached hydrogens (tertiary/aromatic N) is 1. The third kappa shape index (κ3) is 1.44. The molecular formula is C19H17NO3. The zero-order valence-corrected chi connectivity index (χ0v) is 12.9. The molecule has 0 N–H and O–H groups in total. The second-order valence-corrected chi connectivity index (χ2v) is 7.34. The van der Waals surface area contributed by atoms with Gasteiger partial charge in [0.2, 0.25) is 11.8 Å². The van der Waals surface area contributed by atoms with Crippen LogP contribution in [-0.4, -0.2) is 17.6 Å². The first-order valence-electron chi connectivity index (χ1n) is 8.22. The van der Waals surface area contributed by atoms with Crippen molar-refractivity contribution in [2.24, 2.45) is 29.1 Å². The fourth-order valence-electron chi connectivity index (χ4n) is 5.20. The minimum absolute atomic E-state index is 0.0650. The van der Waals surface area contributed by atoms with Crippen molar-refractivity contribution < 1.29 is 14.4 Å². The normalized spacial score (nSPS) is 35.3. The summed E-state index contributed by atoms with van der Waals surface area (Å²) in [6.45, 7) is 1.49. The van der Waals surface area contributed by atoms with Crippen LogP contribution >= 0.6 is 0 Å². The largest absolute Gasteiger partial charge is 0.295 e. The van der Waals surface area contributed by atoms with Gasteiger partial charge in [-0.2, -0.15) is 0 Å². The molecule has 23 heavy (non-hydrogen) atoms. The van der Waals surface area contributed by atoms with Gasteiger partial charge >= 0.3 is 0 Å². The number of rotatable bonds is 2. The number of allylic oxidation sites excluding steroid dienone is 2. The summed E-state index contributed by atoms with van der Waals surface area (Å²) < 4.78 is 0. The molecule has 0 radical (unpaired) electrons. The fourth-order valence-corrected chi connectivity index (χ4v) is 5.20. The lowest BCUT2D eigenvalue weighted by molar-refractivity contribution is -0.123. The number of Topliss-reactive ketones (excluding diaryl/α,β-unsaturated/α-hetero) is 1. The van der Waals surface area contributed by atoms with Crippen LogP contribution in [0.4, 0.5) is 5.69 Å². The van der Waals surface area contributed by atoms with Crippen LogP contribution in [0.25, 0.3) is 0 Å². The Morgan fingerprint density at radius 2 is 1.70 bits per heavy atom. The van der Waals surface area contributed by atoms with Crippen LogP contribution < -0.4 is 4.90 Å². The highest BCUT2D eigenvalue weighted by molar-refractivity contribution is 6.23. The molecule has 4 heteroatoms. The Bertz CT molecular complexity index is 771. The van der Waals surface area contributed by atoms with Gasteiger partial charge in [0.25, 0.3) is 0 Å². The van der Waals surface area contributed by atoms with E-state index in [2.05, 4.69) is 12.2 Å². The minimum atomic E-state index is -0.194. The molecule has 116 valence electrons. The Kier molecular flexibility index (Phi) is 2.30. The van der Waals surface area contributed by atoms with Gasteiger partial charge < -0.3 is 0 Å². The highest BCUT2D eigenvalue weighted by Gasteiger charge is 2.73. The van der Waals surface area contributed by atoms with E-state index in [1.165, 1.54) is 11.8 Å². The van der Waals surface area contributed by atoms with E-state index in [1.54, 1.807) is 24.3 Å². The first-order chi connectivity index (χ1) is 11.0. The first-order valence-corrected chi connectivity index (χ1v) is 8.22. The van der Waals surface area contributed by atoms with Crippen molar-refractivity contribution in [3.8, 4) is 0 Å². The van der Waals surface area contributed by atoms with Crippen molar-refractivity contribution in [3.63, 3.8) is 0 Å². The first kappa shape index (κ1) is 13.2. The average Bonchev–Trinajstić information content (AvgIpc) is 3.13. The Balaban J connectivity index is 1.56. The standard InChI is InChI=1S/C19H17NO3/c1-10(21)11-3-2-4-12(9-11)20-17(22)15-13-5-6-14(16(15)18(20)23)19(13)7-8-19/h2-6,9,13-16H,7-8H2,1H3/t13-,14-,15-,16-/m1/s1. The molecule has 3 fully saturated rings. The second-order valence-electron chi connectivity index (χ2n) is 7.34. The zero-order valence-electron chi connectivity index (χ0n) is 12.9. The van der Waals surface area contributed by atoms with E-state index < -0.39 is 0 Å². The van der Waals surface area contributed by atoms with Gasteiger partial charge in [0.15, 0.2) is 5.78 Å². The summed E-state index contributed by atoms with van der Waals surface area (Å²) in [5.74, 6) is -0.149. The van der Waals surface area contributed by atoms with Crippen LogP contribution in [0.1, 0.15) is 30.1 Å². The number of amides is 2. The van der Waals surface area contributed by atoms with Crippen molar-refractivity contribution >= 4 is 23.3 Å². The summed E-state index contributed by atoms with van der Waals surface area (Å²) in [6.07, 6.45) is 6.62. The maximum absolute atomic E-state index is 13.0. The van der Waals surface area contributed by atoms with Crippen LogP contribution in [0.5, 0.6) is 0 Å². The smallest absolute Gasteiger partial charge is 0.238 e. The van der Waals surface area contributed by atoms with Crippen molar-refractivity contribution in [1.82, 2.24) is 0 Å². The SMILES string of the molecule is CC(=O)c1cccc(N2C(=O)[C@H]3[C@H](C2=O)[C@H]2C=C[C@H]3C23CC3)c1. The lowest BCUT2D eigenvalue weighted by Gasteiger charge is -2.22. The van der Waals surface area contributed by atoms with Gasteiger partial charge in [-0.15, -0.1) is 0 Å². The number of anilines is 1. The molecule has 1 aromatic rings. The monoisotopic (exact) mass is 307 g/mol. The van der Waals surface area contributed by atoms with Crippen LogP contribution in [0, 0.1) is 29.1 Å². The lowest BCUT2D eigenvalue weighted by atomic mass is 9.85. The third-order valence-electron chi connectivity index (χ3n) is 6.36. The molecule has 1 spiro atoms. The molecule has 2 saturated carbocycles.